The van der Waals surface area contributed by atoms with Gasteiger partial charge in [-0.1, -0.05) is 36.0 Å². The number of nitrogens with two attached hydrogens (primary N) is 1. The Morgan fingerprint density at radius 2 is 1.89 bits per heavy atom. The van der Waals surface area contributed by atoms with Crippen molar-refractivity contribution in [2.24, 2.45) is 5.73 Å². The van der Waals surface area contributed by atoms with Crippen LogP contribution in [-0.2, 0) is 0 Å². The Labute approximate surface area is 123 Å². The number of aryl methyl sites for hydroxylation is 2. The molecule has 0 aliphatic carbocycles. The fourth-order valence-electron chi connectivity index (χ4n) is 1.82. The summed E-state index contributed by atoms with van der Waals surface area (Å²) in [5, 5.41) is 3.91. The van der Waals surface area contributed by atoms with E-state index in [1.54, 1.807) is 0 Å². The predicted octanol–water partition coefficient (Wildman–Crippen LogP) is 4.33. The van der Waals surface area contributed by atoms with Crippen LogP contribution in [0.15, 0.2) is 36.4 Å². The van der Waals surface area contributed by atoms with Gasteiger partial charge >= 0.3 is 0 Å². The summed E-state index contributed by atoms with van der Waals surface area (Å²) in [5.41, 5.74) is 10.7. The molecular formula is C15H15ClN2S. The lowest BCUT2D eigenvalue weighted by Crippen LogP contribution is -2.10. The van der Waals surface area contributed by atoms with Crippen LogP contribution in [-0.4, -0.2) is 4.99 Å². The monoisotopic (exact) mass is 290 g/mol. The molecule has 2 rings (SSSR count). The van der Waals surface area contributed by atoms with Crippen LogP contribution < -0.4 is 11.1 Å². The van der Waals surface area contributed by atoms with Gasteiger partial charge in [0.2, 0.25) is 0 Å². The van der Waals surface area contributed by atoms with Gasteiger partial charge in [-0.25, -0.2) is 0 Å². The van der Waals surface area contributed by atoms with Gasteiger partial charge in [0.15, 0.2) is 0 Å². The Balaban J connectivity index is 2.31. The third kappa shape index (κ3) is 3.25. The summed E-state index contributed by atoms with van der Waals surface area (Å²) in [6, 6.07) is 11.9. The Morgan fingerprint density at radius 1 is 1.16 bits per heavy atom. The summed E-state index contributed by atoms with van der Waals surface area (Å²) in [6.07, 6.45) is 0. The van der Waals surface area contributed by atoms with Crippen LogP contribution in [0.4, 0.5) is 11.4 Å². The van der Waals surface area contributed by atoms with Crippen molar-refractivity contribution in [3.05, 3.63) is 58.1 Å². The molecule has 0 unspecified atom stereocenters. The van der Waals surface area contributed by atoms with Crippen molar-refractivity contribution in [3.63, 3.8) is 0 Å². The van der Waals surface area contributed by atoms with Crippen molar-refractivity contribution >= 4 is 40.2 Å². The molecule has 2 aromatic carbocycles. The van der Waals surface area contributed by atoms with Crippen molar-refractivity contribution in [1.29, 1.82) is 0 Å². The van der Waals surface area contributed by atoms with Gasteiger partial charge in [0.05, 0.1) is 5.02 Å². The molecule has 2 nitrogen and oxygen atoms in total. The zero-order valence-electron chi connectivity index (χ0n) is 10.8. The minimum atomic E-state index is 0.309. The molecule has 0 aliphatic rings. The first-order valence-electron chi connectivity index (χ1n) is 5.91. The molecule has 0 amide bonds. The molecule has 0 atom stereocenters. The average molecular weight is 291 g/mol. The molecule has 0 bridgehead atoms. The summed E-state index contributed by atoms with van der Waals surface area (Å²) < 4.78 is 0. The molecule has 0 radical (unpaired) electrons. The van der Waals surface area contributed by atoms with Crippen LogP contribution in [0.3, 0.4) is 0 Å². The minimum absolute atomic E-state index is 0.309. The van der Waals surface area contributed by atoms with Gasteiger partial charge in [-0.3, -0.25) is 0 Å². The zero-order chi connectivity index (χ0) is 14.0. The molecule has 0 aliphatic heterocycles. The molecule has 4 heteroatoms. The average Bonchev–Trinajstić information content (AvgIpc) is 2.33. The van der Waals surface area contributed by atoms with Gasteiger partial charge in [0, 0.05) is 16.9 Å². The zero-order valence-corrected chi connectivity index (χ0v) is 12.4. The molecular weight excluding hydrogens is 276 g/mol. The molecule has 0 saturated carbocycles. The number of nitrogens with one attached hydrogen (secondary N) is 1. The van der Waals surface area contributed by atoms with Crippen LogP contribution >= 0.6 is 23.8 Å². The lowest BCUT2D eigenvalue weighted by atomic mass is 10.1. The van der Waals surface area contributed by atoms with E-state index >= 15 is 0 Å². The molecule has 0 heterocycles. The quantitative estimate of drug-likeness (QED) is 0.826. The molecule has 2 aromatic rings. The van der Waals surface area contributed by atoms with Gasteiger partial charge in [0.1, 0.15) is 4.99 Å². The summed E-state index contributed by atoms with van der Waals surface area (Å²) in [4.78, 5) is 0.309. The Morgan fingerprint density at radius 3 is 2.53 bits per heavy atom. The molecule has 0 aromatic heterocycles. The van der Waals surface area contributed by atoms with E-state index in [-0.39, 0.29) is 0 Å². The second-order valence-electron chi connectivity index (χ2n) is 4.50. The van der Waals surface area contributed by atoms with Crippen LogP contribution in [0.2, 0.25) is 5.02 Å². The van der Waals surface area contributed by atoms with E-state index in [4.69, 9.17) is 29.6 Å². The summed E-state index contributed by atoms with van der Waals surface area (Å²) >= 11 is 11.1. The Kier molecular flexibility index (Phi) is 4.08. The standard InChI is InChI=1S/C15H15ClN2S/c1-9-3-4-10(2)14(7-9)18-11-5-6-12(15(17)19)13(16)8-11/h3-8,18H,1-2H3,(H2,17,19). The fourth-order valence-corrected chi connectivity index (χ4v) is 2.34. The Hall–Kier alpha value is -1.58. The van der Waals surface area contributed by atoms with E-state index in [0.29, 0.717) is 15.6 Å². The highest BCUT2D eigenvalue weighted by molar-refractivity contribution is 7.80. The number of thiocarbonyl (C=S) groups is 1. The van der Waals surface area contributed by atoms with Crippen LogP contribution in [0, 0.1) is 13.8 Å². The van der Waals surface area contributed by atoms with Gasteiger partial charge in [-0.05, 0) is 49.2 Å². The summed E-state index contributed by atoms with van der Waals surface area (Å²) in [6.45, 7) is 4.13. The molecule has 0 fully saturated rings. The first-order valence-corrected chi connectivity index (χ1v) is 6.69. The van der Waals surface area contributed by atoms with Crippen LogP contribution in [0.5, 0.6) is 0 Å². The maximum absolute atomic E-state index is 6.15. The van der Waals surface area contributed by atoms with Crippen molar-refractivity contribution in [1.82, 2.24) is 0 Å². The van der Waals surface area contributed by atoms with Crippen molar-refractivity contribution < 1.29 is 0 Å². The maximum Gasteiger partial charge on any atom is 0.105 e. The Bertz CT molecular complexity index is 638. The highest BCUT2D eigenvalue weighted by Gasteiger charge is 2.05. The SMILES string of the molecule is Cc1ccc(C)c(Nc2ccc(C(N)=S)c(Cl)c2)c1. The van der Waals surface area contributed by atoms with Gasteiger partial charge in [-0.15, -0.1) is 0 Å². The van der Waals surface area contributed by atoms with Gasteiger partial charge < -0.3 is 11.1 Å². The third-order valence-corrected chi connectivity index (χ3v) is 3.44. The lowest BCUT2D eigenvalue weighted by Gasteiger charge is -2.12. The number of halogens is 1. The number of benzene rings is 2. The van der Waals surface area contributed by atoms with Crippen LogP contribution in [0.1, 0.15) is 16.7 Å². The summed E-state index contributed by atoms with van der Waals surface area (Å²) in [7, 11) is 0. The van der Waals surface area contributed by atoms with Gasteiger partial charge in [-0.2, -0.15) is 0 Å². The normalized spacial score (nSPS) is 10.3. The van der Waals surface area contributed by atoms with Crippen molar-refractivity contribution in [3.8, 4) is 0 Å². The molecule has 0 saturated heterocycles. The number of rotatable bonds is 3. The smallest absolute Gasteiger partial charge is 0.105 e. The second-order valence-corrected chi connectivity index (χ2v) is 5.35. The van der Waals surface area contributed by atoms with Gasteiger partial charge in [0.25, 0.3) is 0 Å². The topological polar surface area (TPSA) is 38.0 Å². The minimum Gasteiger partial charge on any atom is -0.389 e. The van der Waals surface area contributed by atoms with Crippen molar-refractivity contribution in [2.45, 2.75) is 13.8 Å². The summed E-state index contributed by atoms with van der Waals surface area (Å²) in [5.74, 6) is 0. The number of hydrogen-bond acceptors (Lipinski definition) is 2. The van der Waals surface area contributed by atoms with E-state index in [0.717, 1.165) is 11.4 Å². The van der Waals surface area contributed by atoms with E-state index in [9.17, 15) is 0 Å². The maximum atomic E-state index is 6.15. The van der Waals surface area contributed by atoms with E-state index in [2.05, 4.69) is 37.4 Å². The third-order valence-electron chi connectivity index (χ3n) is 2.91. The number of hydrogen-bond donors (Lipinski definition) is 2. The van der Waals surface area contributed by atoms with E-state index in [1.807, 2.05) is 18.2 Å². The second kappa shape index (κ2) is 5.59. The van der Waals surface area contributed by atoms with E-state index in [1.165, 1.54) is 11.1 Å². The number of anilines is 2. The first kappa shape index (κ1) is 13.8. The molecule has 98 valence electrons. The first-order chi connectivity index (χ1) is 8.97. The molecule has 3 N–H and O–H groups in total. The fraction of sp³-hybridized carbons (Fsp3) is 0.133. The van der Waals surface area contributed by atoms with E-state index < -0.39 is 0 Å². The lowest BCUT2D eigenvalue weighted by molar-refractivity contribution is 1.38. The highest BCUT2D eigenvalue weighted by atomic mass is 35.5. The highest BCUT2D eigenvalue weighted by Crippen LogP contribution is 2.26. The molecule has 0 spiro atoms. The van der Waals surface area contributed by atoms with Crippen LogP contribution in [0.25, 0.3) is 0 Å². The largest absolute Gasteiger partial charge is 0.389 e. The molecule has 19 heavy (non-hydrogen) atoms. The van der Waals surface area contributed by atoms with Crippen molar-refractivity contribution in [2.75, 3.05) is 5.32 Å². The predicted molar refractivity (Wildman–Crippen MR) is 86.5 cm³/mol.